The van der Waals surface area contributed by atoms with E-state index in [9.17, 15) is 14.7 Å². The van der Waals surface area contributed by atoms with E-state index in [1.165, 1.54) is 30.1 Å². The number of nitrogens with zero attached hydrogens (tertiary/aromatic N) is 3. The average Bonchev–Trinajstić information content (AvgIpc) is 3.17. The molecule has 2 aromatic heterocycles. The van der Waals surface area contributed by atoms with Gasteiger partial charge in [-0.1, -0.05) is 29.3 Å². The third-order valence-electron chi connectivity index (χ3n) is 5.77. The molecular weight excluding hydrogens is 502 g/mol. The zero-order valence-electron chi connectivity index (χ0n) is 19.5. The Balaban J connectivity index is 1.63. The molecule has 0 aliphatic carbocycles. The van der Waals surface area contributed by atoms with Crippen LogP contribution < -0.4 is 21.3 Å². The lowest BCUT2D eigenvalue weighted by Crippen LogP contribution is -2.20. The molecule has 0 aliphatic heterocycles. The molecule has 4 N–H and O–H groups in total. The average molecular weight is 532 g/mol. The number of nitrogen functional groups attached to an aromatic ring is 1. The lowest BCUT2D eigenvalue weighted by molar-refractivity contribution is 0.0696. The minimum atomic E-state index is -1.10. The van der Waals surface area contributed by atoms with Gasteiger partial charge in [0.2, 0.25) is 5.88 Å². The second kappa shape index (κ2) is 11.2. The fourth-order valence-electron chi connectivity index (χ4n) is 3.73. The van der Waals surface area contributed by atoms with Crippen LogP contribution in [-0.4, -0.2) is 38.6 Å². The van der Waals surface area contributed by atoms with Crippen LogP contribution in [0.4, 0.5) is 11.4 Å². The maximum absolute atomic E-state index is 12.7. The van der Waals surface area contributed by atoms with E-state index in [-0.39, 0.29) is 16.7 Å². The zero-order chi connectivity index (χ0) is 24.8. The number of carboxylic acids is 1. The van der Waals surface area contributed by atoms with Crippen LogP contribution in [0.2, 0.25) is 0 Å². The number of carbonyl (C=O) groups is 1. The first-order valence-electron chi connectivity index (χ1n) is 11.1. The highest BCUT2D eigenvalue weighted by Gasteiger charge is 2.19. The van der Waals surface area contributed by atoms with Gasteiger partial charge in [-0.3, -0.25) is 4.79 Å². The number of benzene rings is 1. The normalized spacial score (nSPS) is 11.9. The van der Waals surface area contributed by atoms with Crippen molar-refractivity contribution in [1.29, 1.82) is 0 Å². The Morgan fingerprint density at radius 3 is 2.76 bits per heavy atom. The number of anilines is 2. The topological polar surface area (TPSA) is 124 Å². The van der Waals surface area contributed by atoms with Crippen molar-refractivity contribution in [3.8, 4) is 17.0 Å². The van der Waals surface area contributed by atoms with Crippen molar-refractivity contribution in [1.82, 2.24) is 14.3 Å². The first kappa shape index (κ1) is 25.4. The molecule has 182 valence electrons. The molecule has 0 spiro atoms. The summed E-state index contributed by atoms with van der Waals surface area (Å²) < 4.78 is 9.79. The number of carboxylic acid groups (broad SMARTS) is 1. The molecule has 3 aromatic rings. The molecule has 1 atom stereocenters. The minimum Gasteiger partial charge on any atom is -0.478 e. The highest BCUT2D eigenvalue weighted by Crippen LogP contribution is 2.28. The Morgan fingerprint density at radius 1 is 1.29 bits per heavy atom. The van der Waals surface area contributed by atoms with Crippen LogP contribution in [0.3, 0.4) is 0 Å². The van der Waals surface area contributed by atoms with Crippen molar-refractivity contribution >= 4 is 33.3 Å². The van der Waals surface area contributed by atoms with Gasteiger partial charge in [0.25, 0.3) is 5.56 Å². The van der Waals surface area contributed by atoms with Gasteiger partial charge in [0.1, 0.15) is 0 Å². The van der Waals surface area contributed by atoms with Crippen molar-refractivity contribution in [2.75, 3.05) is 24.2 Å². The Kier molecular flexibility index (Phi) is 8.38. The predicted octanol–water partition coefficient (Wildman–Crippen LogP) is 4.13. The third-order valence-corrected chi connectivity index (χ3v) is 6.27. The third kappa shape index (κ3) is 5.99. The molecule has 1 unspecified atom stereocenters. The molecular formula is C24H30BrN5O4. The minimum absolute atomic E-state index is 0.0243. The molecule has 0 bridgehead atoms. The number of aromatic nitrogens is 3. The summed E-state index contributed by atoms with van der Waals surface area (Å²) in [5.41, 5.74) is 8.10. The maximum atomic E-state index is 12.7. The van der Waals surface area contributed by atoms with Crippen LogP contribution in [0.5, 0.6) is 5.88 Å². The summed E-state index contributed by atoms with van der Waals surface area (Å²) in [4.78, 5) is 24.1. The highest BCUT2D eigenvalue weighted by atomic mass is 79.9. The van der Waals surface area contributed by atoms with Gasteiger partial charge in [0.15, 0.2) is 0 Å². The second-order valence-corrected chi connectivity index (χ2v) is 9.14. The Morgan fingerprint density at radius 2 is 2.06 bits per heavy atom. The number of hydrogen-bond donors (Lipinski definition) is 3. The van der Waals surface area contributed by atoms with Crippen LogP contribution in [-0.2, 0) is 14.1 Å². The van der Waals surface area contributed by atoms with Gasteiger partial charge >= 0.3 is 5.97 Å². The first-order valence-corrected chi connectivity index (χ1v) is 11.9. The van der Waals surface area contributed by atoms with E-state index in [1.807, 2.05) is 18.2 Å². The fraction of sp³-hybridized carbons (Fsp3) is 0.375. The van der Waals surface area contributed by atoms with Crippen molar-refractivity contribution in [2.45, 2.75) is 26.2 Å². The Hall–Kier alpha value is -3.27. The second-order valence-electron chi connectivity index (χ2n) is 8.23. The SMILES string of the molecule is CCC(CCCOc1c(-c2cc(C(=O)O)cn(C)c2=O)cnn1C)CNc1cc(Br)ccc1N. The van der Waals surface area contributed by atoms with E-state index >= 15 is 0 Å². The standard InChI is InChI=1S/C24H30BrN5O4/c1-4-15(12-27-21-11-17(25)7-8-20(21)26)6-5-9-34-23-19(13-28-30(23)3)18-10-16(24(32)33)14-29(2)22(18)31/h7-8,10-11,13-15,27H,4-6,9,12,26H2,1-3H3,(H,32,33). The van der Waals surface area contributed by atoms with E-state index in [1.54, 1.807) is 11.7 Å². The van der Waals surface area contributed by atoms with E-state index in [2.05, 4.69) is 33.3 Å². The molecule has 0 radical (unpaired) electrons. The molecule has 3 rings (SSSR count). The number of nitrogens with two attached hydrogens (primary N) is 1. The summed E-state index contributed by atoms with van der Waals surface area (Å²) in [5.74, 6) is -0.229. The monoisotopic (exact) mass is 531 g/mol. The number of aromatic carboxylic acids is 1. The smallest absolute Gasteiger partial charge is 0.337 e. The lowest BCUT2D eigenvalue weighted by Gasteiger charge is -2.18. The first-order chi connectivity index (χ1) is 16.2. The van der Waals surface area contributed by atoms with Gasteiger partial charge in [-0.05, 0) is 43.0 Å². The van der Waals surface area contributed by atoms with Gasteiger partial charge in [-0.2, -0.15) is 5.10 Å². The van der Waals surface area contributed by atoms with Gasteiger partial charge in [-0.15, -0.1) is 0 Å². The molecule has 2 heterocycles. The van der Waals surface area contributed by atoms with E-state index in [4.69, 9.17) is 10.5 Å². The zero-order valence-corrected chi connectivity index (χ0v) is 21.1. The van der Waals surface area contributed by atoms with Crippen LogP contribution in [0, 0.1) is 5.92 Å². The van der Waals surface area contributed by atoms with Gasteiger partial charge in [0, 0.05) is 31.3 Å². The van der Waals surface area contributed by atoms with Gasteiger partial charge < -0.3 is 25.5 Å². The van der Waals surface area contributed by atoms with Crippen molar-refractivity contribution in [3.05, 3.63) is 57.0 Å². The predicted molar refractivity (Wildman–Crippen MR) is 136 cm³/mol. The summed E-state index contributed by atoms with van der Waals surface area (Å²) in [7, 11) is 3.25. The Labute approximate surface area is 206 Å². The summed E-state index contributed by atoms with van der Waals surface area (Å²) >= 11 is 3.47. The van der Waals surface area contributed by atoms with Crippen molar-refractivity contribution < 1.29 is 14.6 Å². The van der Waals surface area contributed by atoms with Crippen LogP contribution in [0.1, 0.15) is 36.5 Å². The molecule has 0 fully saturated rings. The molecule has 1 aromatic carbocycles. The van der Waals surface area contributed by atoms with Crippen molar-refractivity contribution in [2.24, 2.45) is 20.0 Å². The van der Waals surface area contributed by atoms with Crippen LogP contribution >= 0.6 is 15.9 Å². The van der Waals surface area contributed by atoms with Crippen molar-refractivity contribution in [3.63, 3.8) is 0 Å². The van der Waals surface area contributed by atoms with Gasteiger partial charge in [-0.25, -0.2) is 9.48 Å². The van der Waals surface area contributed by atoms with Crippen LogP contribution in [0.25, 0.3) is 11.1 Å². The number of pyridine rings is 1. The fourth-order valence-corrected chi connectivity index (χ4v) is 4.09. The van der Waals surface area contributed by atoms with Gasteiger partial charge in [0.05, 0.1) is 40.9 Å². The molecule has 0 aliphatic rings. The number of aryl methyl sites for hydroxylation is 2. The summed E-state index contributed by atoms with van der Waals surface area (Å²) in [5, 5.41) is 17.0. The van der Waals surface area contributed by atoms with Crippen LogP contribution in [0.15, 0.2) is 45.9 Å². The highest BCUT2D eigenvalue weighted by molar-refractivity contribution is 9.10. The number of hydrogen-bond acceptors (Lipinski definition) is 6. The number of nitrogens with one attached hydrogen (secondary N) is 1. The van der Waals surface area contributed by atoms with E-state index in [0.717, 1.165) is 36.0 Å². The molecule has 0 amide bonds. The quantitative estimate of drug-likeness (QED) is 0.251. The molecule has 0 saturated carbocycles. The summed E-state index contributed by atoms with van der Waals surface area (Å²) in [6.07, 6.45) is 5.59. The summed E-state index contributed by atoms with van der Waals surface area (Å²) in [6, 6.07) is 7.11. The maximum Gasteiger partial charge on any atom is 0.337 e. The number of ether oxygens (including phenoxy) is 1. The number of rotatable bonds is 11. The molecule has 10 heteroatoms. The Bertz CT molecular complexity index is 1220. The van der Waals surface area contributed by atoms with E-state index < -0.39 is 5.97 Å². The lowest BCUT2D eigenvalue weighted by atomic mass is 10.0. The summed E-state index contributed by atoms with van der Waals surface area (Å²) in [6.45, 7) is 3.40. The molecule has 0 saturated heterocycles. The largest absolute Gasteiger partial charge is 0.478 e. The van der Waals surface area contributed by atoms with E-state index in [0.29, 0.717) is 29.7 Å². The molecule has 9 nitrogen and oxygen atoms in total. The number of halogens is 1. The molecule has 34 heavy (non-hydrogen) atoms.